The summed E-state index contributed by atoms with van der Waals surface area (Å²) >= 11 is 5.59. The molecule has 0 aliphatic heterocycles. The molecular formula is C14H24O2S2. The van der Waals surface area contributed by atoms with E-state index in [4.69, 9.17) is 0 Å². The summed E-state index contributed by atoms with van der Waals surface area (Å²) in [6.45, 7) is 3.93. The Bertz CT molecular complexity index is 282. The zero-order chi connectivity index (χ0) is 13.5. The Kier molecular flexibility index (Phi) is 7.38. The molecule has 1 aliphatic rings. The molecule has 1 aliphatic carbocycles. The van der Waals surface area contributed by atoms with Gasteiger partial charge >= 0.3 is 0 Å². The standard InChI is InChI=1S/C14H24O2S2/c1-10(2)13(15)11-4-6-12(7-5-11)14(16)18-9-3-8-17/h10-12,17H,3-9H2,1-2H3. The Morgan fingerprint density at radius 3 is 2.22 bits per heavy atom. The minimum absolute atomic E-state index is 0.131. The number of hydrogen-bond donors (Lipinski definition) is 1. The predicted molar refractivity (Wildman–Crippen MR) is 81.2 cm³/mol. The highest BCUT2D eigenvalue weighted by Crippen LogP contribution is 2.33. The van der Waals surface area contributed by atoms with Crippen LogP contribution in [0.3, 0.4) is 0 Å². The number of carbonyl (C=O) groups is 2. The average Bonchev–Trinajstić information content (AvgIpc) is 2.38. The van der Waals surface area contributed by atoms with Crippen LogP contribution in [0.15, 0.2) is 0 Å². The van der Waals surface area contributed by atoms with Crippen LogP contribution in [0.5, 0.6) is 0 Å². The van der Waals surface area contributed by atoms with Gasteiger partial charge in [-0.15, -0.1) is 0 Å². The fraction of sp³-hybridized carbons (Fsp3) is 0.857. The Hall–Kier alpha value is 0.0400. The van der Waals surface area contributed by atoms with E-state index in [0.717, 1.165) is 43.6 Å². The first-order valence-corrected chi connectivity index (χ1v) is 8.49. The van der Waals surface area contributed by atoms with E-state index in [2.05, 4.69) is 12.6 Å². The van der Waals surface area contributed by atoms with E-state index in [0.29, 0.717) is 10.9 Å². The van der Waals surface area contributed by atoms with E-state index in [9.17, 15) is 9.59 Å². The van der Waals surface area contributed by atoms with Crippen LogP contribution in [-0.2, 0) is 9.59 Å². The van der Waals surface area contributed by atoms with Gasteiger partial charge in [0, 0.05) is 23.5 Å². The number of thioether (sulfide) groups is 1. The molecule has 0 unspecified atom stereocenters. The van der Waals surface area contributed by atoms with Crippen LogP contribution >= 0.6 is 24.4 Å². The molecule has 18 heavy (non-hydrogen) atoms. The monoisotopic (exact) mass is 288 g/mol. The van der Waals surface area contributed by atoms with E-state index < -0.39 is 0 Å². The first-order chi connectivity index (χ1) is 8.56. The van der Waals surface area contributed by atoms with Crippen molar-refractivity contribution in [3.63, 3.8) is 0 Å². The quantitative estimate of drug-likeness (QED) is 0.599. The molecule has 1 saturated carbocycles. The lowest BCUT2D eigenvalue weighted by Crippen LogP contribution is -2.27. The van der Waals surface area contributed by atoms with Crippen LogP contribution in [0.1, 0.15) is 46.0 Å². The molecule has 0 bridgehead atoms. The van der Waals surface area contributed by atoms with Gasteiger partial charge in [-0.3, -0.25) is 9.59 Å². The maximum atomic E-state index is 11.9. The number of hydrogen-bond acceptors (Lipinski definition) is 4. The molecular weight excluding hydrogens is 264 g/mol. The first kappa shape index (κ1) is 16.1. The van der Waals surface area contributed by atoms with Crippen molar-refractivity contribution in [2.75, 3.05) is 11.5 Å². The second kappa shape index (κ2) is 8.26. The fourth-order valence-electron chi connectivity index (χ4n) is 2.44. The minimum atomic E-state index is 0.131. The largest absolute Gasteiger partial charge is 0.299 e. The van der Waals surface area contributed by atoms with E-state index in [-0.39, 0.29) is 17.8 Å². The second-order valence-electron chi connectivity index (χ2n) is 5.35. The number of ketones is 1. The molecule has 104 valence electrons. The lowest BCUT2D eigenvalue weighted by molar-refractivity contribution is -0.128. The van der Waals surface area contributed by atoms with Gasteiger partial charge in [0.1, 0.15) is 5.78 Å². The molecule has 0 aromatic heterocycles. The van der Waals surface area contributed by atoms with E-state index in [1.807, 2.05) is 13.8 Å². The number of thiol groups is 1. The van der Waals surface area contributed by atoms with Crippen molar-refractivity contribution in [1.82, 2.24) is 0 Å². The highest BCUT2D eigenvalue weighted by atomic mass is 32.2. The Labute approximate surface area is 120 Å². The van der Waals surface area contributed by atoms with Crippen molar-refractivity contribution in [2.24, 2.45) is 17.8 Å². The topological polar surface area (TPSA) is 34.1 Å². The van der Waals surface area contributed by atoms with Gasteiger partial charge in [0.05, 0.1) is 0 Å². The van der Waals surface area contributed by atoms with Crippen molar-refractivity contribution < 1.29 is 9.59 Å². The number of carbonyl (C=O) groups excluding carboxylic acids is 2. The molecule has 1 rings (SSSR count). The Morgan fingerprint density at radius 2 is 1.72 bits per heavy atom. The van der Waals surface area contributed by atoms with Gasteiger partial charge in [0.15, 0.2) is 5.12 Å². The Balaban J connectivity index is 2.30. The first-order valence-electron chi connectivity index (χ1n) is 6.87. The predicted octanol–water partition coefficient (Wildman–Crippen LogP) is 3.60. The third kappa shape index (κ3) is 4.96. The third-order valence-electron chi connectivity index (χ3n) is 3.58. The molecule has 1 fully saturated rings. The van der Waals surface area contributed by atoms with E-state index in [1.165, 1.54) is 11.8 Å². The summed E-state index contributed by atoms with van der Waals surface area (Å²) in [7, 11) is 0. The average molecular weight is 288 g/mol. The SMILES string of the molecule is CC(C)C(=O)C1CCC(C(=O)SCCCS)CC1. The van der Waals surface area contributed by atoms with Crippen molar-refractivity contribution >= 4 is 35.3 Å². The molecule has 2 nitrogen and oxygen atoms in total. The van der Waals surface area contributed by atoms with Crippen LogP contribution in [0.2, 0.25) is 0 Å². The molecule has 0 spiro atoms. The zero-order valence-corrected chi connectivity index (χ0v) is 13.1. The normalized spacial score (nSPS) is 24.2. The van der Waals surface area contributed by atoms with Gasteiger partial charge in [-0.1, -0.05) is 25.6 Å². The molecule has 0 N–H and O–H groups in total. The molecule has 0 amide bonds. The van der Waals surface area contributed by atoms with Crippen LogP contribution in [-0.4, -0.2) is 22.4 Å². The van der Waals surface area contributed by atoms with Crippen molar-refractivity contribution in [3.8, 4) is 0 Å². The number of Topliss-reactive ketones (excluding diaryl/α,β-unsaturated/α-hetero) is 1. The molecule has 4 heteroatoms. The van der Waals surface area contributed by atoms with E-state index >= 15 is 0 Å². The van der Waals surface area contributed by atoms with Crippen LogP contribution < -0.4 is 0 Å². The van der Waals surface area contributed by atoms with Gasteiger partial charge in [-0.2, -0.15) is 12.6 Å². The lowest BCUT2D eigenvalue weighted by Gasteiger charge is -2.27. The summed E-state index contributed by atoms with van der Waals surface area (Å²) in [6, 6.07) is 0. The van der Waals surface area contributed by atoms with Crippen molar-refractivity contribution in [3.05, 3.63) is 0 Å². The zero-order valence-electron chi connectivity index (χ0n) is 11.4. The van der Waals surface area contributed by atoms with Gasteiger partial charge in [0.2, 0.25) is 0 Å². The maximum Gasteiger partial charge on any atom is 0.192 e. The Morgan fingerprint density at radius 1 is 1.17 bits per heavy atom. The summed E-state index contributed by atoms with van der Waals surface area (Å²) in [5.74, 6) is 2.63. The van der Waals surface area contributed by atoms with E-state index in [1.54, 1.807) is 0 Å². The van der Waals surface area contributed by atoms with Gasteiger partial charge in [0.25, 0.3) is 0 Å². The van der Waals surface area contributed by atoms with Gasteiger partial charge in [-0.05, 0) is 37.9 Å². The van der Waals surface area contributed by atoms with Crippen LogP contribution in [0.4, 0.5) is 0 Å². The van der Waals surface area contributed by atoms with Crippen LogP contribution in [0.25, 0.3) is 0 Å². The third-order valence-corrected chi connectivity index (χ3v) is 5.01. The second-order valence-corrected chi connectivity index (χ2v) is 6.90. The van der Waals surface area contributed by atoms with Gasteiger partial charge < -0.3 is 0 Å². The summed E-state index contributed by atoms with van der Waals surface area (Å²) in [6.07, 6.45) is 4.59. The maximum absolute atomic E-state index is 11.9. The lowest BCUT2D eigenvalue weighted by atomic mass is 9.78. The van der Waals surface area contributed by atoms with Crippen molar-refractivity contribution in [1.29, 1.82) is 0 Å². The highest BCUT2D eigenvalue weighted by Gasteiger charge is 2.30. The summed E-state index contributed by atoms with van der Waals surface area (Å²) in [5.41, 5.74) is 0. The van der Waals surface area contributed by atoms with Crippen LogP contribution in [0, 0.1) is 17.8 Å². The summed E-state index contributed by atoms with van der Waals surface area (Å²) in [4.78, 5) is 23.8. The summed E-state index contributed by atoms with van der Waals surface area (Å²) in [5, 5.41) is 0.326. The fourth-order valence-corrected chi connectivity index (χ4v) is 3.77. The molecule has 0 atom stereocenters. The minimum Gasteiger partial charge on any atom is -0.299 e. The van der Waals surface area contributed by atoms with Crippen molar-refractivity contribution in [2.45, 2.75) is 46.0 Å². The highest BCUT2D eigenvalue weighted by molar-refractivity contribution is 8.13. The molecule has 0 aromatic rings. The molecule has 0 aromatic carbocycles. The molecule has 0 saturated heterocycles. The molecule has 0 heterocycles. The summed E-state index contributed by atoms with van der Waals surface area (Å²) < 4.78 is 0. The number of rotatable bonds is 6. The van der Waals surface area contributed by atoms with Gasteiger partial charge in [-0.25, -0.2) is 0 Å². The smallest absolute Gasteiger partial charge is 0.192 e. The molecule has 0 radical (unpaired) electrons.